The number of methoxy groups -OCH3 is 1. The van der Waals surface area contributed by atoms with Crippen LogP contribution in [0.1, 0.15) is 38.9 Å². The molecule has 1 N–H and O–H groups in total. The first kappa shape index (κ1) is 12.9. The summed E-state index contributed by atoms with van der Waals surface area (Å²) in [5.41, 5.74) is 0. The zero-order valence-corrected chi connectivity index (χ0v) is 10.5. The Balaban J connectivity index is 2.85. The fourth-order valence-corrected chi connectivity index (χ4v) is 1.87. The molecule has 90 valence electrons. The molecule has 1 aromatic heterocycles. The summed E-state index contributed by atoms with van der Waals surface area (Å²) >= 11 is 0. The summed E-state index contributed by atoms with van der Waals surface area (Å²) in [5.74, 6) is 1.82. The van der Waals surface area contributed by atoms with Gasteiger partial charge in [-0.3, -0.25) is 0 Å². The van der Waals surface area contributed by atoms with Gasteiger partial charge in [-0.2, -0.15) is 4.98 Å². The minimum absolute atomic E-state index is 0.329. The van der Waals surface area contributed by atoms with Gasteiger partial charge in [0, 0.05) is 24.2 Å². The van der Waals surface area contributed by atoms with E-state index in [4.69, 9.17) is 4.74 Å². The SMILES string of the molecule is CCNC(C)C(CC)c1nccc(OC)n1. The zero-order chi connectivity index (χ0) is 12.0. The Hall–Kier alpha value is -1.16. The minimum atomic E-state index is 0.329. The minimum Gasteiger partial charge on any atom is -0.481 e. The molecule has 0 bridgehead atoms. The Morgan fingerprint density at radius 2 is 2.19 bits per heavy atom. The van der Waals surface area contributed by atoms with Crippen molar-refractivity contribution in [2.24, 2.45) is 0 Å². The number of nitrogens with one attached hydrogen (secondary N) is 1. The lowest BCUT2D eigenvalue weighted by Gasteiger charge is -2.22. The van der Waals surface area contributed by atoms with Crippen LogP contribution < -0.4 is 10.1 Å². The molecule has 2 unspecified atom stereocenters. The van der Waals surface area contributed by atoms with Gasteiger partial charge in [-0.1, -0.05) is 13.8 Å². The number of nitrogens with zero attached hydrogens (tertiary/aromatic N) is 2. The van der Waals surface area contributed by atoms with E-state index in [0.717, 1.165) is 18.8 Å². The Morgan fingerprint density at radius 3 is 2.75 bits per heavy atom. The van der Waals surface area contributed by atoms with E-state index in [0.29, 0.717) is 17.8 Å². The van der Waals surface area contributed by atoms with Crippen molar-refractivity contribution in [3.63, 3.8) is 0 Å². The average molecular weight is 223 g/mol. The Kier molecular flexibility index (Phi) is 5.19. The molecular formula is C12H21N3O. The molecule has 4 heteroatoms. The summed E-state index contributed by atoms with van der Waals surface area (Å²) in [6.07, 6.45) is 2.77. The van der Waals surface area contributed by atoms with Crippen molar-refractivity contribution >= 4 is 0 Å². The molecule has 16 heavy (non-hydrogen) atoms. The number of rotatable bonds is 6. The monoisotopic (exact) mass is 223 g/mol. The summed E-state index contributed by atoms with van der Waals surface area (Å²) in [6.45, 7) is 7.39. The van der Waals surface area contributed by atoms with Crippen LogP contribution in [0.15, 0.2) is 12.3 Å². The van der Waals surface area contributed by atoms with E-state index in [1.54, 1.807) is 19.4 Å². The Morgan fingerprint density at radius 1 is 1.44 bits per heavy atom. The van der Waals surface area contributed by atoms with Gasteiger partial charge in [0.05, 0.1) is 7.11 Å². The van der Waals surface area contributed by atoms with E-state index < -0.39 is 0 Å². The number of likely N-dealkylation sites (N-methyl/N-ethyl adjacent to an activating group) is 1. The Labute approximate surface area is 97.5 Å². The molecule has 0 aromatic carbocycles. The first-order valence-corrected chi connectivity index (χ1v) is 5.83. The molecular weight excluding hydrogens is 202 g/mol. The van der Waals surface area contributed by atoms with Gasteiger partial charge in [0.25, 0.3) is 0 Å². The summed E-state index contributed by atoms with van der Waals surface area (Å²) in [5, 5.41) is 3.41. The van der Waals surface area contributed by atoms with Crippen molar-refractivity contribution in [2.75, 3.05) is 13.7 Å². The highest BCUT2D eigenvalue weighted by Crippen LogP contribution is 2.21. The van der Waals surface area contributed by atoms with Gasteiger partial charge in [-0.05, 0) is 19.9 Å². The molecule has 1 heterocycles. The van der Waals surface area contributed by atoms with Gasteiger partial charge in [0.1, 0.15) is 5.82 Å². The highest BCUT2D eigenvalue weighted by molar-refractivity contribution is 5.11. The summed E-state index contributed by atoms with van der Waals surface area (Å²) in [4.78, 5) is 8.72. The van der Waals surface area contributed by atoms with Gasteiger partial charge in [-0.25, -0.2) is 4.98 Å². The third kappa shape index (κ3) is 3.17. The maximum absolute atomic E-state index is 5.12. The van der Waals surface area contributed by atoms with E-state index in [9.17, 15) is 0 Å². The molecule has 2 atom stereocenters. The quantitative estimate of drug-likeness (QED) is 0.801. The summed E-state index contributed by atoms with van der Waals surface area (Å²) < 4.78 is 5.12. The third-order valence-corrected chi connectivity index (χ3v) is 2.76. The molecule has 0 saturated heterocycles. The molecule has 0 fully saturated rings. The van der Waals surface area contributed by atoms with E-state index in [1.807, 2.05) is 0 Å². The van der Waals surface area contributed by atoms with Gasteiger partial charge in [0.2, 0.25) is 5.88 Å². The molecule has 0 aliphatic heterocycles. The fraction of sp³-hybridized carbons (Fsp3) is 0.667. The topological polar surface area (TPSA) is 47.0 Å². The highest BCUT2D eigenvalue weighted by Gasteiger charge is 2.19. The predicted molar refractivity (Wildman–Crippen MR) is 64.8 cm³/mol. The van der Waals surface area contributed by atoms with E-state index in [1.165, 1.54) is 0 Å². The van der Waals surface area contributed by atoms with Gasteiger partial charge >= 0.3 is 0 Å². The zero-order valence-electron chi connectivity index (χ0n) is 10.5. The number of hydrogen-bond acceptors (Lipinski definition) is 4. The molecule has 0 aliphatic carbocycles. The van der Waals surface area contributed by atoms with Crippen LogP contribution in [0.2, 0.25) is 0 Å². The molecule has 1 rings (SSSR count). The number of aromatic nitrogens is 2. The maximum atomic E-state index is 5.12. The van der Waals surface area contributed by atoms with Crippen molar-refractivity contribution in [2.45, 2.75) is 39.2 Å². The summed E-state index contributed by atoms with van der Waals surface area (Å²) in [6, 6.07) is 2.15. The Bertz CT molecular complexity index is 317. The standard InChI is InChI=1S/C12H21N3O/c1-5-10(9(3)13-6-2)12-14-8-7-11(15-12)16-4/h7-10,13H,5-6H2,1-4H3. The molecule has 1 aromatic rings. The highest BCUT2D eigenvalue weighted by atomic mass is 16.5. The van der Waals surface area contributed by atoms with Crippen molar-refractivity contribution in [1.29, 1.82) is 0 Å². The first-order chi connectivity index (χ1) is 7.72. The normalized spacial score (nSPS) is 14.5. The first-order valence-electron chi connectivity index (χ1n) is 5.83. The second kappa shape index (κ2) is 6.43. The molecule has 0 aliphatic rings. The van der Waals surface area contributed by atoms with E-state index in [-0.39, 0.29) is 0 Å². The predicted octanol–water partition coefficient (Wildman–Crippen LogP) is 1.98. The average Bonchev–Trinajstić information content (AvgIpc) is 2.31. The lowest BCUT2D eigenvalue weighted by molar-refractivity contribution is 0.385. The molecule has 0 spiro atoms. The van der Waals surface area contributed by atoms with E-state index >= 15 is 0 Å². The maximum Gasteiger partial charge on any atom is 0.216 e. The number of ether oxygens (including phenoxy) is 1. The van der Waals surface area contributed by atoms with Crippen LogP contribution in [0.5, 0.6) is 5.88 Å². The summed E-state index contributed by atoms with van der Waals surface area (Å²) in [7, 11) is 1.63. The lowest BCUT2D eigenvalue weighted by Crippen LogP contribution is -2.32. The lowest BCUT2D eigenvalue weighted by atomic mass is 9.97. The second-order valence-corrected chi connectivity index (χ2v) is 3.82. The molecule has 4 nitrogen and oxygen atoms in total. The smallest absolute Gasteiger partial charge is 0.216 e. The second-order valence-electron chi connectivity index (χ2n) is 3.82. The fourth-order valence-electron chi connectivity index (χ4n) is 1.87. The van der Waals surface area contributed by atoms with Crippen molar-refractivity contribution < 1.29 is 4.74 Å². The van der Waals surface area contributed by atoms with Crippen LogP contribution in [0, 0.1) is 0 Å². The molecule has 0 radical (unpaired) electrons. The van der Waals surface area contributed by atoms with Crippen LogP contribution in [-0.2, 0) is 0 Å². The van der Waals surface area contributed by atoms with Gasteiger partial charge < -0.3 is 10.1 Å². The van der Waals surface area contributed by atoms with Crippen LogP contribution in [0.3, 0.4) is 0 Å². The van der Waals surface area contributed by atoms with Crippen molar-refractivity contribution in [1.82, 2.24) is 15.3 Å². The largest absolute Gasteiger partial charge is 0.481 e. The van der Waals surface area contributed by atoms with Crippen LogP contribution >= 0.6 is 0 Å². The van der Waals surface area contributed by atoms with Crippen LogP contribution in [-0.4, -0.2) is 29.7 Å². The van der Waals surface area contributed by atoms with Crippen LogP contribution in [0.4, 0.5) is 0 Å². The van der Waals surface area contributed by atoms with Crippen molar-refractivity contribution in [3.05, 3.63) is 18.1 Å². The number of hydrogen-bond donors (Lipinski definition) is 1. The molecule has 0 amide bonds. The third-order valence-electron chi connectivity index (χ3n) is 2.76. The van der Waals surface area contributed by atoms with Crippen molar-refractivity contribution in [3.8, 4) is 5.88 Å². The van der Waals surface area contributed by atoms with Gasteiger partial charge in [-0.15, -0.1) is 0 Å². The van der Waals surface area contributed by atoms with E-state index in [2.05, 4.69) is 36.1 Å². The van der Waals surface area contributed by atoms with Gasteiger partial charge in [0.15, 0.2) is 0 Å². The molecule has 0 saturated carbocycles. The van der Waals surface area contributed by atoms with Crippen LogP contribution in [0.25, 0.3) is 0 Å².